The van der Waals surface area contributed by atoms with E-state index in [1.807, 2.05) is 6.92 Å². The third kappa shape index (κ3) is 5.67. The lowest BCUT2D eigenvalue weighted by atomic mass is 10.0. The molecule has 32 heavy (non-hydrogen) atoms. The minimum absolute atomic E-state index is 0.0825. The number of benzene rings is 2. The molecule has 1 aliphatic rings. The predicted molar refractivity (Wildman–Crippen MR) is 118 cm³/mol. The molecule has 0 fully saturated rings. The standard InChI is InChI=1S/C21H22F2N4O4S/c1-3-17-18(13-6-9-15(31-19(22)23)16(10-13)30-2)26-27(21(29)32-17)11-12-4-7-14(8-5-12)25-20(24)28/h4-10,17,19H,3,11H2,1-2H3,(H3,24,25,28). The number of carbonyl (C=O) groups excluding carboxylic acids is 2. The molecule has 3 amide bonds. The normalized spacial score (nSPS) is 16.0. The van der Waals surface area contributed by atoms with Gasteiger partial charge < -0.3 is 20.5 Å². The van der Waals surface area contributed by atoms with Gasteiger partial charge >= 0.3 is 17.9 Å². The van der Waals surface area contributed by atoms with E-state index in [-0.39, 0.29) is 28.5 Å². The van der Waals surface area contributed by atoms with E-state index in [2.05, 4.69) is 15.2 Å². The van der Waals surface area contributed by atoms with Gasteiger partial charge in [0.1, 0.15) is 0 Å². The molecular weight excluding hydrogens is 442 g/mol. The first-order chi connectivity index (χ1) is 15.3. The molecule has 1 atom stereocenters. The number of amides is 3. The van der Waals surface area contributed by atoms with E-state index in [1.165, 1.54) is 18.2 Å². The molecule has 3 N–H and O–H groups in total. The van der Waals surface area contributed by atoms with Crippen LogP contribution in [0.5, 0.6) is 11.5 Å². The summed E-state index contributed by atoms with van der Waals surface area (Å²) in [6, 6.07) is 10.8. The fraction of sp³-hybridized carbons (Fsp3) is 0.286. The molecule has 0 bridgehead atoms. The lowest BCUT2D eigenvalue weighted by Crippen LogP contribution is -2.34. The van der Waals surface area contributed by atoms with Crippen molar-refractivity contribution in [2.24, 2.45) is 10.8 Å². The molecule has 0 saturated heterocycles. The number of alkyl halides is 2. The topological polar surface area (TPSA) is 106 Å². The number of ether oxygens (including phenoxy) is 2. The van der Waals surface area contributed by atoms with Crippen molar-refractivity contribution in [3.05, 3.63) is 53.6 Å². The molecule has 0 radical (unpaired) electrons. The zero-order valence-electron chi connectivity index (χ0n) is 17.4. The van der Waals surface area contributed by atoms with E-state index in [1.54, 1.807) is 36.4 Å². The SMILES string of the molecule is CCC1SC(=O)N(Cc2ccc(NC(N)=O)cc2)N=C1c1ccc(OC(F)F)c(OC)c1. The Hall–Kier alpha value is -3.34. The maximum absolute atomic E-state index is 12.6. The van der Waals surface area contributed by atoms with Gasteiger partial charge in [0.2, 0.25) is 0 Å². The van der Waals surface area contributed by atoms with Crippen molar-refractivity contribution in [3.63, 3.8) is 0 Å². The highest BCUT2D eigenvalue weighted by Gasteiger charge is 2.30. The van der Waals surface area contributed by atoms with Gasteiger partial charge in [-0.25, -0.2) is 9.80 Å². The highest BCUT2D eigenvalue weighted by Crippen LogP contribution is 2.34. The fourth-order valence-electron chi connectivity index (χ4n) is 3.12. The summed E-state index contributed by atoms with van der Waals surface area (Å²) in [5.41, 5.74) is 7.71. The van der Waals surface area contributed by atoms with Crippen molar-refractivity contribution in [1.29, 1.82) is 0 Å². The number of methoxy groups -OCH3 is 1. The average molecular weight is 464 g/mol. The molecule has 1 unspecified atom stereocenters. The van der Waals surface area contributed by atoms with Gasteiger partial charge in [0.15, 0.2) is 11.5 Å². The summed E-state index contributed by atoms with van der Waals surface area (Å²) in [7, 11) is 1.36. The molecule has 3 rings (SSSR count). The number of thioether (sulfide) groups is 1. The maximum atomic E-state index is 12.6. The van der Waals surface area contributed by atoms with Crippen molar-refractivity contribution in [2.75, 3.05) is 12.4 Å². The minimum Gasteiger partial charge on any atom is -0.493 e. The number of urea groups is 1. The molecule has 8 nitrogen and oxygen atoms in total. The van der Waals surface area contributed by atoms with Crippen LogP contribution in [0.1, 0.15) is 24.5 Å². The maximum Gasteiger partial charge on any atom is 0.387 e. The van der Waals surface area contributed by atoms with E-state index in [0.29, 0.717) is 23.4 Å². The van der Waals surface area contributed by atoms with Crippen LogP contribution in [-0.2, 0) is 6.54 Å². The van der Waals surface area contributed by atoms with Crippen molar-refractivity contribution < 1.29 is 27.8 Å². The monoisotopic (exact) mass is 464 g/mol. The van der Waals surface area contributed by atoms with E-state index in [4.69, 9.17) is 10.5 Å². The Bertz CT molecular complexity index is 1020. The average Bonchev–Trinajstić information content (AvgIpc) is 2.75. The van der Waals surface area contributed by atoms with Crippen LogP contribution in [0.25, 0.3) is 0 Å². The quantitative estimate of drug-likeness (QED) is 0.592. The molecule has 11 heteroatoms. The van der Waals surface area contributed by atoms with Gasteiger partial charge in [0.25, 0.3) is 0 Å². The van der Waals surface area contributed by atoms with Crippen LogP contribution < -0.4 is 20.5 Å². The Morgan fingerprint density at radius 2 is 1.97 bits per heavy atom. The molecule has 1 aliphatic heterocycles. The third-order valence-electron chi connectivity index (χ3n) is 4.59. The number of primary amides is 1. The molecular formula is C21H22F2N4O4S. The van der Waals surface area contributed by atoms with Gasteiger partial charge in [-0.2, -0.15) is 13.9 Å². The predicted octanol–water partition coefficient (Wildman–Crippen LogP) is 4.64. The number of nitrogens with one attached hydrogen (secondary N) is 1. The van der Waals surface area contributed by atoms with Crippen LogP contribution in [-0.4, -0.2) is 41.0 Å². The fourth-order valence-corrected chi connectivity index (χ4v) is 4.05. The van der Waals surface area contributed by atoms with Crippen LogP contribution in [0.4, 0.5) is 24.1 Å². The third-order valence-corrected chi connectivity index (χ3v) is 5.84. The van der Waals surface area contributed by atoms with Crippen molar-refractivity contribution in [3.8, 4) is 11.5 Å². The van der Waals surface area contributed by atoms with Gasteiger partial charge in [-0.1, -0.05) is 30.8 Å². The number of anilines is 1. The largest absolute Gasteiger partial charge is 0.493 e. The first kappa shape index (κ1) is 23.3. The van der Waals surface area contributed by atoms with Gasteiger partial charge in [0.05, 0.1) is 24.6 Å². The number of hydrazone groups is 1. The van der Waals surface area contributed by atoms with Crippen LogP contribution in [0.2, 0.25) is 0 Å². The number of halogens is 2. The Morgan fingerprint density at radius 1 is 1.25 bits per heavy atom. The molecule has 2 aromatic rings. The number of rotatable bonds is 8. The van der Waals surface area contributed by atoms with Crippen LogP contribution in [0.3, 0.4) is 0 Å². The first-order valence-corrected chi connectivity index (χ1v) is 10.5. The highest BCUT2D eigenvalue weighted by atomic mass is 32.2. The molecule has 0 saturated carbocycles. The summed E-state index contributed by atoms with van der Waals surface area (Å²) in [5.74, 6) is 0.0623. The number of nitrogens with zero attached hydrogens (tertiary/aromatic N) is 2. The molecule has 170 valence electrons. The van der Waals surface area contributed by atoms with Crippen molar-refractivity contribution in [1.82, 2.24) is 5.01 Å². The molecule has 0 aliphatic carbocycles. The van der Waals surface area contributed by atoms with E-state index in [9.17, 15) is 18.4 Å². The number of hydrogen-bond acceptors (Lipinski definition) is 6. The van der Waals surface area contributed by atoms with E-state index in [0.717, 1.165) is 17.3 Å². The number of hydrogen-bond donors (Lipinski definition) is 2. The second-order valence-electron chi connectivity index (χ2n) is 6.75. The Balaban J connectivity index is 1.88. The van der Waals surface area contributed by atoms with Crippen LogP contribution in [0.15, 0.2) is 47.6 Å². The Labute approximate surface area is 187 Å². The van der Waals surface area contributed by atoms with Gasteiger partial charge in [-0.15, -0.1) is 0 Å². The minimum atomic E-state index is -2.97. The van der Waals surface area contributed by atoms with Gasteiger partial charge in [0, 0.05) is 11.3 Å². The zero-order chi connectivity index (χ0) is 23.3. The van der Waals surface area contributed by atoms with E-state index < -0.39 is 12.6 Å². The summed E-state index contributed by atoms with van der Waals surface area (Å²) in [5, 5.41) is 7.97. The second-order valence-corrected chi connectivity index (χ2v) is 7.91. The van der Waals surface area contributed by atoms with Crippen LogP contribution in [0, 0.1) is 0 Å². The molecule has 0 spiro atoms. The first-order valence-electron chi connectivity index (χ1n) is 9.66. The summed E-state index contributed by atoms with van der Waals surface area (Å²) < 4.78 is 34.9. The molecule has 2 aromatic carbocycles. The Kier molecular flexibility index (Phi) is 7.52. The summed E-state index contributed by atoms with van der Waals surface area (Å²) in [6.07, 6.45) is 0.647. The summed E-state index contributed by atoms with van der Waals surface area (Å²) in [6.45, 7) is -0.822. The van der Waals surface area contributed by atoms with E-state index >= 15 is 0 Å². The highest BCUT2D eigenvalue weighted by molar-refractivity contribution is 8.14. The van der Waals surface area contributed by atoms with Gasteiger partial charge in [-0.05, 0) is 42.3 Å². The van der Waals surface area contributed by atoms with Crippen molar-refractivity contribution >= 4 is 34.4 Å². The smallest absolute Gasteiger partial charge is 0.387 e. The Morgan fingerprint density at radius 3 is 2.56 bits per heavy atom. The number of nitrogens with two attached hydrogens (primary N) is 1. The summed E-state index contributed by atoms with van der Waals surface area (Å²) in [4.78, 5) is 23.6. The zero-order valence-corrected chi connectivity index (χ0v) is 18.2. The van der Waals surface area contributed by atoms with Gasteiger partial charge in [-0.3, -0.25) is 4.79 Å². The molecule has 0 aromatic heterocycles. The lowest BCUT2D eigenvalue weighted by molar-refractivity contribution is -0.0512. The molecule has 1 heterocycles. The number of carbonyl (C=O) groups is 2. The summed E-state index contributed by atoms with van der Waals surface area (Å²) >= 11 is 1.15. The van der Waals surface area contributed by atoms with Crippen LogP contribution >= 0.6 is 11.8 Å². The lowest BCUT2D eigenvalue weighted by Gasteiger charge is -2.28. The second kappa shape index (κ2) is 10.3. The van der Waals surface area contributed by atoms with Crippen molar-refractivity contribution in [2.45, 2.75) is 31.8 Å².